The van der Waals surface area contributed by atoms with E-state index in [-0.39, 0.29) is 0 Å². The normalized spacial score (nSPS) is 11.1. The molecule has 3 aromatic rings. The third-order valence-electron chi connectivity index (χ3n) is 2.46. The molecule has 3 rings (SSSR count). The molecule has 0 aliphatic heterocycles. The highest BCUT2D eigenvalue weighted by Crippen LogP contribution is 2.30. The predicted molar refractivity (Wildman–Crippen MR) is 68.1 cm³/mol. The third kappa shape index (κ3) is 1.65. The van der Waals surface area contributed by atoms with Crippen LogP contribution in [0.5, 0.6) is 0 Å². The zero-order chi connectivity index (χ0) is 12.0. The van der Waals surface area contributed by atoms with Crippen molar-refractivity contribution < 1.29 is 9.90 Å². The molecule has 0 unspecified atom stereocenters. The SMILES string of the molecule is Cc1ccsc1-c1cn2cc(C(=O)O)sc2n1. The van der Waals surface area contributed by atoms with Gasteiger partial charge in [-0.25, -0.2) is 9.78 Å². The number of fused-ring (bicyclic) bond motifs is 1. The molecule has 1 N–H and O–H groups in total. The van der Waals surface area contributed by atoms with Crippen LogP contribution in [0.15, 0.2) is 23.8 Å². The zero-order valence-corrected chi connectivity index (χ0v) is 10.5. The number of carboxylic acids is 1. The highest BCUT2D eigenvalue weighted by atomic mass is 32.1. The van der Waals surface area contributed by atoms with Gasteiger partial charge in [0.25, 0.3) is 0 Å². The molecule has 0 aliphatic carbocycles. The van der Waals surface area contributed by atoms with Gasteiger partial charge >= 0.3 is 5.97 Å². The van der Waals surface area contributed by atoms with Crippen molar-refractivity contribution in [2.75, 3.05) is 0 Å². The molecule has 3 aromatic heterocycles. The van der Waals surface area contributed by atoms with E-state index in [2.05, 4.69) is 11.1 Å². The number of nitrogens with zero attached hydrogens (tertiary/aromatic N) is 2. The molecular weight excluding hydrogens is 256 g/mol. The van der Waals surface area contributed by atoms with E-state index in [0.717, 1.165) is 10.6 Å². The summed E-state index contributed by atoms with van der Waals surface area (Å²) >= 11 is 2.83. The van der Waals surface area contributed by atoms with Crippen LogP contribution in [0, 0.1) is 6.92 Å². The molecule has 6 heteroatoms. The van der Waals surface area contributed by atoms with Crippen LogP contribution in [0.4, 0.5) is 0 Å². The van der Waals surface area contributed by atoms with Gasteiger partial charge < -0.3 is 5.11 Å². The quantitative estimate of drug-likeness (QED) is 0.773. The van der Waals surface area contributed by atoms with Crippen LogP contribution >= 0.6 is 22.7 Å². The number of hydrogen-bond donors (Lipinski definition) is 1. The highest BCUT2D eigenvalue weighted by Gasteiger charge is 2.13. The van der Waals surface area contributed by atoms with Gasteiger partial charge in [0.2, 0.25) is 0 Å². The minimum absolute atomic E-state index is 0.307. The molecule has 0 bridgehead atoms. The number of rotatable bonds is 2. The Labute approximate surface area is 105 Å². The number of aromatic carboxylic acids is 1. The number of carbonyl (C=O) groups is 1. The molecule has 0 saturated heterocycles. The number of aryl methyl sites for hydroxylation is 1. The summed E-state index contributed by atoms with van der Waals surface area (Å²) in [5.41, 5.74) is 2.10. The predicted octanol–water partition coefficient (Wildman–Crippen LogP) is 3.13. The van der Waals surface area contributed by atoms with Crippen LogP contribution in [-0.2, 0) is 0 Å². The molecule has 0 spiro atoms. The minimum Gasteiger partial charge on any atom is -0.477 e. The van der Waals surface area contributed by atoms with Crippen molar-refractivity contribution in [1.82, 2.24) is 9.38 Å². The lowest BCUT2D eigenvalue weighted by molar-refractivity contribution is 0.0702. The summed E-state index contributed by atoms with van der Waals surface area (Å²) in [5.74, 6) is -0.908. The molecule has 0 saturated carbocycles. The van der Waals surface area contributed by atoms with Gasteiger partial charge in [-0.05, 0) is 23.9 Å². The average Bonchev–Trinajstić information content (AvgIpc) is 2.88. The molecule has 0 atom stereocenters. The second-order valence-corrected chi connectivity index (χ2v) is 5.57. The van der Waals surface area contributed by atoms with Crippen molar-refractivity contribution >= 4 is 33.6 Å². The van der Waals surface area contributed by atoms with Gasteiger partial charge in [0, 0.05) is 12.4 Å². The van der Waals surface area contributed by atoms with Gasteiger partial charge in [-0.2, -0.15) is 0 Å². The van der Waals surface area contributed by atoms with Crippen molar-refractivity contribution in [2.24, 2.45) is 0 Å². The van der Waals surface area contributed by atoms with E-state index in [1.165, 1.54) is 16.9 Å². The van der Waals surface area contributed by atoms with E-state index in [0.29, 0.717) is 9.84 Å². The molecule has 0 fully saturated rings. The van der Waals surface area contributed by atoms with E-state index in [1.807, 2.05) is 18.5 Å². The Balaban J connectivity index is 2.12. The van der Waals surface area contributed by atoms with Crippen molar-refractivity contribution in [1.29, 1.82) is 0 Å². The summed E-state index contributed by atoms with van der Waals surface area (Å²) in [5, 5.41) is 10.9. The number of thiophene rings is 1. The summed E-state index contributed by atoms with van der Waals surface area (Å²) in [6.07, 6.45) is 3.47. The monoisotopic (exact) mass is 264 g/mol. The van der Waals surface area contributed by atoms with Crippen LogP contribution in [0.25, 0.3) is 15.5 Å². The summed E-state index contributed by atoms with van der Waals surface area (Å²) in [4.78, 5) is 17.4. The molecule has 0 amide bonds. The first-order chi connectivity index (χ1) is 8.15. The fraction of sp³-hybridized carbons (Fsp3) is 0.0909. The van der Waals surface area contributed by atoms with E-state index in [4.69, 9.17) is 5.11 Å². The maximum atomic E-state index is 10.8. The molecule has 0 radical (unpaired) electrons. The lowest BCUT2D eigenvalue weighted by atomic mass is 10.2. The lowest BCUT2D eigenvalue weighted by Crippen LogP contribution is -1.90. The van der Waals surface area contributed by atoms with Gasteiger partial charge in [0.05, 0.1) is 4.88 Å². The summed E-state index contributed by atoms with van der Waals surface area (Å²) < 4.78 is 1.77. The molecule has 4 nitrogen and oxygen atoms in total. The second-order valence-electron chi connectivity index (χ2n) is 3.65. The molecule has 0 aromatic carbocycles. The summed E-state index contributed by atoms with van der Waals surface area (Å²) in [7, 11) is 0. The van der Waals surface area contributed by atoms with Crippen LogP contribution in [0.1, 0.15) is 15.2 Å². The van der Waals surface area contributed by atoms with Crippen molar-refractivity contribution in [3.63, 3.8) is 0 Å². The first kappa shape index (κ1) is 10.5. The van der Waals surface area contributed by atoms with Crippen LogP contribution in [-0.4, -0.2) is 20.5 Å². The largest absolute Gasteiger partial charge is 0.477 e. The van der Waals surface area contributed by atoms with Gasteiger partial charge in [-0.15, -0.1) is 11.3 Å². The fourth-order valence-electron chi connectivity index (χ4n) is 1.64. The number of carboxylic acid groups (broad SMARTS) is 1. The first-order valence-electron chi connectivity index (χ1n) is 4.91. The maximum absolute atomic E-state index is 10.8. The Morgan fingerprint density at radius 3 is 2.88 bits per heavy atom. The van der Waals surface area contributed by atoms with Crippen LogP contribution < -0.4 is 0 Å². The second kappa shape index (κ2) is 3.68. The Morgan fingerprint density at radius 1 is 1.47 bits per heavy atom. The molecular formula is C11H8N2O2S2. The molecule has 3 heterocycles. The van der Waals surface area contributed by atoms with Crippen molar-refractivity contribution in [3.05, 3.63) is 34.3 Å². The maximum Gasteiger partial charge on any atom is 0.347 e. The van der Waals surface area contributed by atoms with Crippen molar-refractivity contribution in [2.45, 2.75) is 6.92 Å². The average molecular weight is 264 g/mol. The van der Waals surface area contributed by atoms with Gasteiger partial charge in [0.15, 0.2) is 4.96 Å². The van der Waals surface area contributed by atoms with Gasteiger partial charge in [-0.3, -0.25) is 4.40 Å². The third-order valence-corrected chi connectivity index (χ3v) is 4.49. The Morgan fingerprint density at radius 2 is 2.29 bits per heavy atom. The highest BCUT2D eigenvalue weighted by molar-refractivity contribution is 7.18. The van der Waals surface area contributed by atoms with Crippen molar-refractivity contribution in [3.8, 4) is 10.6 Å². The van der Waals surface area contributed by atoms with E-state index in [1.54, 1.807) is 21.9 Å². The van der Waals surface area contributed by atoms with Gasteiger partial charge in [-0.1, -0.05) is 11.3 Å². The number of aromatic nitrogens is 2. The number of imidazole rings is 1. The minimum atomic E-state index is -0.908. The fourth-order valence-corrected chi connectivity index (χ4v) is 3.33. The summed E-state index contributed by atoms with van der Waals surface area (Å²) in [6.45, 7) is 2.04. The van der Waals surface area contributed by atoms with Crippen LogP contribution in [0.2, 0.25) is 0 Å². The summed E-state index contributed by atoms with van der Waals surface area (Å²) in [6, 6.07) is 2.05. The van der Waals surface area contributed by atoms with E-state index in [9.17, 15) is 4.79 Å². The molecule has 0 aliphatic rings. The van der Waals surface area contributed by atoms with E-state index >= 15 is 0 Å². The molecule has 17 heavy (non-hydrogen) atoms. The topological polar surface area (TPSA) is 54.6 Å². The van der Waals surface area contributed by atoms with Gasteiger partial charge in [0.1, 0.15) is 10.6 Å². The smallest absolute Gasteiger partial charge is 0.347 e. The molecule has 86 valence electrons. The Hall–Kier alpha value is -1.66. The van der Waals surface area contributed by atoms with Crippen LogP contribution in [0.3, 0.4) is 0 Å². The standard InChI is InChI=1S/C11H8N2O2S2/c1-6-2-3-16-9(6)7-4-13-5-8(10(14)15)17-11(13)12-7/h2-5H,1H3,(H,14,15). The Kier molecular flexibility index (Phi) is 2.27. The Bertz CT molecular complexity index is 677. The first-order valence-corrected chi connectivity index (χ1v) is 6.61. The zero-order valence-electron chi connectivity index (χ0n) is 8.88. The number of hydrogen-bond acceptors (Lipinski definition) is 4. The number of thiazole rings is 1. The lowest BCUT2D eigenvalue weighted by Gasteiger charge is -1.91. The van der Waals surface area contributed by atoms with E-state index < -0.39 is 5.97 Å².